The highest BCUT2D eigenvalue weighted by Gasteiger charge is 2.18. The highest BCUT2D eigenvalue weighted by Crippen LogP contribution is 2.25. The molecule has 1 N–H and O–H groups in total. The number of amides is 1. The normalized spacial score (nSPS) is 11.2. The van der Waals surface area contributed by atoms with Gasteiger partial charge in [-0.3, -0.25) is 4.79 Å². The van der Waals surface area contributed by atoms with E-state index in [0.29, 0.717) is 30.4 Å². The summed E-state index contributed by atoms with van der Waals surface area (Å²) >= 11 is 5.78. The number of hydrogen-bond acceptors (Lipinski definition) is 4. The number of benzene rings is 2. The van der Waals surface area contributed by atoms with Gasteiger partial charge in [0.15, 0.2) is 5.82 Å². The first-order valence-corrected chi connectivity index (χ1v) is 9.46. The molecule has 0 saturated carbocycles. The molecule has 1 amide bonds. The van der Waals surface area contributed by atoms with Gasteiger partial charge >= 0.3 is 0 Å². The Bertz CT molecular complexity index is 1220. The molecule has 2 aromatic carbocycles. The van der Waals surface area contributed by atoms with E-state index in [1.807, 2.05) is 25.1 Å². The first-order chi connectivity index (χ1) is 14.0. The Hall–Kier alpha value is -3.26. The summed E-state index contributed by atoms with van der Waals surface area (Å²) in [6.07, 6.45) is 1.74. The van der Waals surface area contributed by atoms with Crippen LogP contribution in [0, 0.1) is 5.82 Å². The molecule has 2 heterocycles. The number of nitrogens with zero attached hydrogens (tertiary/aromatic N) is 5. The van der Waals surface area contributed by atoms with Gasteiger partial charge in [-0.05, 0) is 30.7 Å². The maximum atomic E-state index is 13.9. The lowest BCUT2D eigenvalue weighted by Crippen LogP contribution is -2.19. The van der Waals surface area contributed by atoms with Crippen LogP contribution in [0.5, 0.6) is 0 Å². The summed E-state index contributed by atoms with van der Waals surface area (Å²) in [5.41, 5.74) is 2.26. The summed E-state index contributed by atoms with van der Waals surface area (Å²) in [7, 11) is 0. The molecule has 4 rings (SSSR count). The lowest BCUT2D eigenvalue weighted by molar-refractivity contribution is -0.119. The third-order valence-electron chi connectivity index (χ3n) is 4.52. The highest BCUT2D eigenvalue weighted by molar-refractivity contribution is 6.30. The summed E-state index contributed by atoms with van der Waals surface area (Å²) in [5, 5.41) is 12.8. The molecule has 0 aliphatic heterocycles. The van der Waals surface area contributed by atoms with E-state index in [4.69, 9.17) is 11.6 Å². The third kappa shape index (κ3) is 3.58. The van der Waals surface area contributed by atoms with Gasteiger partial charge < -0.3 is 5.32 Å². The van der Waals surface area contributed by atoms with Crippen LogP contribution >= 0.6 is 11.6 Å². The van der Waals surface area contributed by atoms with E-state index in [0.717, 1.165) is 16.5 Å². The minimum Gasteiger partial charge on any atom is -0.352 e. The molecule has 9 heteroatoms. The van der Waals surface area contributed by atoms with Gasteiger partial charge in [-0.15, -0.1) is 5.10 Å². The van der Waals surface area contributed by atoms with Crippen molar-refractivity contribution >= 4 is 28.4 Å². The van der Waals surface area contributed by atoms with Gasteiger partial charge in [0.25, 0.3) is 0 Å². The minimum atomic E-state index is -0.527. The van der Waals surface area contributed by atoms with Crippen molar-refractivity contribution in [2.24, 2.45) is 0 Å². The number of aryl methyl sites for hydroxylation is 1. The lowest BCUT2D eigenvalue weighted by atomic mass is 10.1. The zero-order valence-corrected chi connectivity index (χ0v) is 16.6. The Morgan fingerprint density at radius 3 is 2.83 bits per heavy atom. The lowest BCUT2D eigenvalue weighted by Gasteiger charge is -2.08. The van der Waals surface area contributed by atoms with Crippen molar-refractivity contribution in [3.05, 3.63) is 59.0 Å². The molecule has 2 aromatic heterocycles. The standard InChI is InChI=1S/C20H18ClFN6O/c1-3-27-20(25-19(26-27)13-7-8-16(21)17(22)9-13)28-18-14(10-23-12(2)29)5-4-6-15(18)11-24-28/h4-9,11H,3,10H2,1-2H3,(H,23,29). The number of halogens is 2. The first kappa shape index (κ1) is 19.1. The summed E-state index contributed by atoms with van der Waals surface area (Å²) in [6.45, 7) is 4.33. The molecule has 7 nitrogen and oxygen atoms in total. The van der Waals surface area contributed by atoms with Crippen LogP contribution in [0.2, 0.25) is 5.02 Å². The van der Waals surface area contributed by atoms with Crippen molar-refractivity contribution in [3.8, 4) is 17.3 Å². The Morgan fingerprint density at radius 2 is 2.10 bits per heavy atom. The summed E-state index contributed by atoms with van der Waals surface area (Å²) in [6, 6.07) is 10.3. The molecule has 29 heavy (non-hydrogen) atoms. The second-order valence-corrected chi connectivity index (χ2v) is 6.91. The Labute approximate surface area is 171 Å². The van der Waals surface area contributed by atoms with Crippen LogP contribution in [0.1, 0.15) is 19.4 Å². The quantitative estimate of drug-likeness (QED) is 0.541. The van der Waals surface area contributed by atoms with Crippen molar-refractivity contribution in [1.29, 1.82) is 0 Å². The largest absolute Gasteiger partial charge is 0.352 e. The smallest absolute Gasteiger partial charge is 0.250 e. The zero-order chi connectivity index (χ0) is 20.5. The molecule has 148 valence electrons. The first-order valence-electron chi connectivity index (χ1n) is 9.08. The van der Waals surface area contributed by atoms with Crippen molar-refractivity contribution in [2.45, 2.75) is 26.9 Å². The van der Waals surface area contributed by atoms with Gasteiger partial charge in [0.2, 0.25) is 11.9 Å². The second kappa shape index (κ2) is 7.63. The number of carbonyl (C=O) groups is 1. The number of fused-ring (bicyclic) bond motifs is 1. The SMILES string of the molecule is CCn1nc(-c2ccc(Cl)c(F)c2)nc1-n1ncc2cccc(CNC(C)=O)c21. The van der Waals surface area contributed by atoms with Crippen LogP contribution in [0.4, 0.5) is 4.39 Å². The number of aromatic nitrogens is 5. The van der Waals surface area contributed by atoms with Gasteiger partial charge in [0.05, 0.1) is 16.7 Å². The molecule has 0 aliphatic carbocycles. The maximum absolute atomic E-state index is 13.9. The Balaban J connectivity index is 1.84. The van der Waals surface area contributed by atoms with Crippen molar-refractivity contribution in [1.82, 2.24) is 29.9 Å². The molecule has 4 aromatic rings. The van der Waals surface area contributed by atoms with E-state index in [9.17, 15) is 9.18 Å². The fraction of sp³-hybridized carbons (Fsp3) is 0.200. The Morgan fingerprint density at radius 1 is 1.28 bits per heavy atom. The average Bonchev–Trinajstić information content (AvgIpc) is 3.32. The Kier molecular flexibility index (Phi) is 5.02. The van der Waals surface area contributed by atoms with Gasteiger partial charge in [-0.1, -0.05) is 29.8 Å². The number of hydrogen-bond donors (Lipinski definition) is 1. The van der Waals surface area contributed by atoms with E-state index in [-0.39, 0.29) is 10.9 Å². The van der Waals surface area contributed by atoms with Crippen LogP contribution in [-0.2, 0) is 17.9 Å². The van der Waals surface area contributed by atoms with Gasteiger partial charge in [0, 0.05) is 31.0 Å². The van der Waals surface area contributed by atoms with E-state index in [2.05, 4.69) is 20.5 Å². The van der Waals surface area contributed by atoms with E-state index in [1.165, 1.54) is 19.1 Å². The molecule has 0 bridgehead atoms. The van der Waals surface area contributed by atoms with E-state index in [1.54, 1.807) is 21.6 Å². The predicted octanol–water partition coefficient (Wildman–Crippen LogP) is 3.73. The number of para-hydroxylation sites is 1. The highest BCUT2D eigenvalue weighted by atomic mass is 35.5. The molecule has 0 fully saturated rings. The van der Waals surface area contributed by atoms with Crippen LogP contribution in [0.25, 0.3) is 28.2 Å². The molecule has 0 atom stereocenters. The number of nitrogens with one attached hydrogen (secondary N) is 1. The van der Waals surface area contributed by atoms with Crippen molar-refractivity contribution in [2.75, 3.05) is 0 Å². The van der Waals surface area contributed by atoms with Gasteiger partial charge in [0.1, 0.15) is 5.82 Å². The summed E-state index contributed by atoms with van der Waals surface area (Å²) < 4.78 is 17.3. The van der Waals surface area contributed by atoms with Crippen LogP contribution < -0.4 is 5.32 Å². The third-order valence-corrected chi connectivity index (χ3v) is 4.83. The summed E-state index contributed by atoms with van der Waals surface area (Å²) in [4.78, 5) is 16.0. The topological polar surface area (TPSA) is 77.6 Å². The van der Waals surface area contributed by atoms with Crippen LogP contribution in [0.15, 0.2) is 42.6 Å². The monoisotopic (exact) mass is 412 g/mol. The van der Waals surface area contributed by atoms with Gasteiger partial charge in [-0.25, -0.2) is 9.07 Å². The molecular formula is C20H18ClFN6O. The molecule has 0 aliphatic rings. The fourth-order valence-electron chi connectivity index (χ4n) is 3.13. The number of rotatable bonds is 5. The van der Waals surface area contributed by atoms with E-state index < -0.39 is 5.82 Å². The minimum absolute atomic E-state index is 0.0459. The van der Waals surface area contributed by atoms with E-state index >= 15 is 0 Å². The average molecular weight is 413 g/mol. The van der Waals surface area contributed by atoms with Crippen molar-refractivity contribution in [3.63, 3.8) is 0 Å². The predicted molar refractivity (Wildman–Crippen MR) is 108 cm³/mol. The van der Waals surface area contributed by atoms with Crippen LogP contribution in [-0.4, -0.2) is 30.5 Å². The van der Waals surface area contributed by atoms with Crippen molar-refractivity contribution < 1.29 is 9.18 Å². The zero-order valence-electron chi connectivity index (χ0n) is 15.9. The summed E-state index contributed by atoms with van der Waals surface area (Å²) in [5.74, 6) is 0.237. The molecule has 0 radical (unpaired) electrons. The molecule has 0 spiro atoms. The van der Waals surface area contributed by atoms with Crippen LogP contribution in [0.3, 0.4) is 0 Å². The fourth-order valence-corrected chi connectivity index (χ4v) is 3.24. The van der Waals surface area contributed by atoms with Gasteiger partial charge in [-0.2, -0.15) is 14.8 Å². The molecule has 0 saturated heterocycles. The maximum Gasteiger partial charge on any atom is 0.250 e. The number of carbonyl (C=O) groups excluding carboxylic acids is 1. The second-order valence-electron chi connectivity index (χ2n) is 6.50. The molecular weight excluding hydrogens is 395 g/mol. The molecule has 0 unspecified atom stereocenters.